The number of hydrogen-bond donors (Lipinski definition) is 3. The van der Waals surface area contributed by atoms with Gasteiger partial charge in [0.05, 0.1) is 0 Å². The van der Waals surface area contributed by atoms with E-state index in [-0.39, 0.29) is 18.2 Å². The number of amides is 2. The molecular formula is C13H20N4O2. The third-order valence-electron chi connectivity index (χ3n) is 2.42. The van der Waals surface area contributed by atoms with Crippen LogP contribution in [-0.4, -0.2) is 29.9 Å². The predicted octanol–water partition coefficient (Wildman–Crippen LogP) is 0.899. The maximum Gasteiger partial charge on any atom is 0.269 e. The monoisotopic (exact) mass is 264 g/mol. The lowest BCUT2D eigenvalue weighted by Gasteiger charge is -2.07. The Kier molecular flexibility index (Phi) is 6.35. The lowest BCUT2D eigenvalue weighted by Crippen LogP contribution is -2.26. The van der Waals surface area contributed by atoms with E-state index in [1.807, 2.05) is 6.07 Å². The molecule has 0 aliphatic rings. The molecular weight excluding hydrogens is 244 g/mol. The predicted molar refractivity (Wildman–Crippen MR) is 73.8 cm³/mol. The van der Waals surface area contributed by atoms with E-state index in [1.165, 1.54) is 0 Å². The zero-order chi connectivity index (χ0) is 14.1. The van der Waals surface area contributed by atoms with Crippen molar-refractivity contribution in [3.63, 3.8) is 0 Å². The number of nitrogens with one attached hydrogen (secondary N) is 2. The highest BCUT2D eigenvalue weighted by Crippen LogP contribution is 2.04. The molecule has 0 aliphatic heterocycles. The Morgan fingerprint density at radius 1 is 1.32 bits per heavy atom. The standard InChI is InChI=1S/C13H20N4O2/c1-2-8-15-12-7-3-5-10(17-12)13(19)16-9-4-6-11(14)18/h3,5,7H,2,4,6,8-9H2,1H3,(H2,14,18)(H,15,17)(H,16,19). The molecule has 0 saturated heterocycles. The van der Waals surface area contributed by atoms with Crippen LogP contribution in [0.3, 0.4) is 0 Å². The van der Waals surface area contributed by atoms with Gasteiger partial charge in [0.2, 0.25) is 5.91 Å². The third kappa shape index (κ3) is 5.85. The summed E-state index contributed by atoms with van der Waals surface area (Å²) in [6.45, 7) is 3.29. The summed E-state index contributed by atoms with van der Waals surface area (Å²) in [5, 5.41) is 5.82. The van der Waals surface area contributed by atoms with Crippen molar-refractivity contribution in [3.8, 4) is 0 Å². The first-order chi connectivity index (χ1) is 9.13. The number of rotatable bonds is 8. The van der Waals surface area contributed by atoms with Crippen LogP contribution in [0.2, 0.25) is 0 Å². The van der Waals surface area contributed by atoms with Crippen LogP contribution in [0.25, 0.3) is 0 Å². The molecule has 1 rings (SSSR count). The molecule has 0 radical (unpaired) electrons. The molecule has 0 unspecified atom stereocenters. The fourth-order valence-electron chi connectivity index (χ4n) is 1.47. The Bertz CT molecular complexity index is 434. The Labute approximate surface area is 112 Å². The Morgan fingerprint density at radius 3 is 2.79 bits per heavy atom. The van der Waals surface area contributed by atoms with Gasteiger partial charge in [-0.3, -0.25) is 9.59 Å². The summed E-state index contributed by atoms with van der Waals surface area (Å²) in [5.41, 5.74) is 5.38. The van der Waals surface area contributed by atoms with Crippen molar-refractivity contribution >= 4 is 17.6 Å². The minimum Gasteiger partial charge on any atom is -0.370 e. The van der Waals surface area contributed by atoms with Gasteiger partial charge in [0, 0.05) is 19.5 Å². The van der Waals surface area contributed by atoms with E-state index in [0.29, 0.717) is 24.5 Å². The number of hydrogen-bond acceptors (Lipinski definition) is 4. The lowest BCUT2D eigenvalue weighted by atomic mass is 10.3. The first kappa shape index (κ1) is 14.9. The van der Waals surface area contributed by atoms with Gasteiger partial charge in [-0.15, -0.1) is 0 Å². The van der Waals surface area contributed by atoms with Crippen LogP contribution in [0.5, 0.6) is 0 Å². The topological polar surface area (TPSA) is 97.1 Å². The van der Waals surface area contributed by atoms with E-state index in [2.05, 4.69) is 22.5 Å². The molecule has 0 atom stereocenters. The average Bonchev–Trinajstić information content (AvgIpc) is 2.41. The second-order valence-electron chi connectivity index (χ2n) is 4.16. The molecule has 6 nitrogen and oxygen atoms in total. The molecule has 0 spiro atoms. The van der Waals surface area contributed by atoms with Crippen molar-refractivity contribution in [2.24, 2.45) is 5.73 Å². The van der Waals surface area contributed by atoms with Crippen molar-refractivity contribution < 1.29 is 9.59 Å². The summed E-state index contributed by atoms with van der Waals surface area (Å²) in [6, 6.07) is 5.25. The fraction of sp³-hybridized carbons (Fsp3) is 0.462. The quantitative estimate of drug-likeness (QED) is 0.608. The van der Waals surface area contributed by atoms with E-state index in [0.717, 1.165) is 13.0 Å². The summed E-state index contributed by atoms with van der Waals surface area (Å²) in [6.07, 6.45) is 1.80. The molecule has 0 saturated carbocycles. The summed E-state index contributed by atoms with van der Waals surface area (Å²) in [7, 11) is 0. The molecule has 2 amide bonds. The third-order valence-corrected chi connectivity index (χ3v) is 2.42. The van der Waals surface area contributed by atoms with Gasteiger partial charge in [-0.2, -0.15) is 0 Å². The van der Waals surface area contributed by atoms with Crippen LogP contribution < -0.4 is 16.4 Å². The SMILES string of the molecule is CCCNc1cccc(C(=O)NCCCC(N)=O)n1. The zero-order valence-electron chi connectivity index (χ0n) is 11.1. The molecule has 4 N–H and O–H groups in total. The van der Waals surface area contributed by atoms with E-state index in [4.69, 9.17) is 5.73 Å². The van der Waals surface area contributed by atoms with Crippen molar-refractivity contribution in [3.05, 3.63) is 23.9 Å². The lowest BCUT2D eigenvalue weighted by molar-refractivity contribution is -0.118. The number of pyridine rings is 1. The second-order valence-corrected chi connectivity index (χ2v) is 4.16. The highest BCUT2D eigenvalue weighted by molar-refractivity contribution is 5.92. The van der Waals surface area contributed by atoms with Gasteiger partial charge < -0.3 is 16.4 Å². The van der Waals surface area contributed by atoms with Gasteiger partial charge in [0.25, 0.3) is 5.91 Å². The number of nitrogens with two attached hydrogens (primary N) is 1. The van der Waals surface area contributed by atoms with E-state index in [9.17, 15) is 9.59 Å². The number of anilines is 1. The molecule has 0 fully saturated rings. The van der Waals surface area contributed by atoms with Crippen molar-refractivity contribution in [1.82, 2.24) is 10.3 Å². The van der Waals surface area contributed by atoms with E-state index >= 15 is 0 Å². The van der Waals surface area contributed by atoms with Crippen molar-refractivity contribution in [1.29, 1.82) is 0 Å². The molecule has 19 heavy (non-hydrogen) atoms. The Morgan fingerprint density at radius 2 is 2.11 bits per heavy atom. The smallest absolute Gasteiger partial charge is 0.269 e. The van der Waals surface area contributed by atoms with Gasteiger partial charge in [-0.25, -0.2) is 4.98 Å². The minimum absolute atomic E-state index is 0.246. The fourth-order valence-corrected chi connectivity index (χ4v) is 1.47. The number of carbonyl (C=O) groups excluding carboxylic acids is 2. The molecule has 1 heterocycles. The number of aromatic nitrogens is 1. The molecule has 1 aromatic rings. The summed E-state index contributed by atoms with van der Waals surface area (Å²) >= 11 is 0. The molecule has 1 aromatic heterocycles. The molecule has 104 valence electrons. The van der Waals surface area contributed by atoms with Crippen LogP contribution in [0.1, 0.15) is 36.7 Å². The molecule has 0 aliphatic carbocycles. The largest absolute Gasteiger partial charge is 0.370 e. The van der Waals surface area contributed by atoms with Crippen molar-refractivity contribution in [2.45, 2.75) is 26.2 Å². The maximum atomic E-state index is 11.8. The molecule has 0 bridgehead atoms. The van der Waals surface area contributed by atoms with Crippen LogP contribution in [0.15, 0.2) is 18.2 Å². The van der Waals surface area contributed by atoms with Crippen LogP contribution in [0, 0.1) is 0 Å². The van der Waals surface area contributed by atoms with Crippen LogP contribution >= 0.6 is 0 Å². The highest BCUT2D eigenvalue weighted by Gasteiger charge is 2.07. The first-order valence-electron chi connectivity index (χ1n) is 6.41. The van der Waals surface area contributed by atoms with Crippen LogP contribution in [-0.2, 0) is 4.79 Å². The maximum absolute atomic E-state index is 11.8. The number of carbonyl (C=O) groups is 2. The summed E-state index contributed by atoms with van der Waals surface area (Å²) in [5.74, 6) is 0.0781. The summed E-state index contributed by atoms with van der Waals surface area (Å²) < 4.78 is 0. The molecule has 0 aromatic carbocycles. The van der Waals surface area contributed by atoms with Gasteiger partial charge in [-0.1, -0.05) is 13.0 Å². The number of nitrogens with zero attached hydrogens (tertiary/aromatic N) is 1. The van der Waals surface area contributed by atoms with E-state index in [1.54, 1.807) is 12.1 Å². The summed E-state index contributed by atoms with van der Waals surface area (Å²) in [4.78, 5) is 26.6. The first-order valence-corrected chi connectivity index (χ1v) is 6.41. The Hall–Kier alpha value is -2.11. The minimum atomic E-state index is -0.363. The number of primary amides is 1. The second kappa shape index (κ2) is 8.07. The van der Waals surface area contributed by atoms with Gasteiger partial charge in [0.15, 0.2) is 0 Å². The van der Waals surface area contributed by atoms with E-state index < -0.39 is 0 Å². The van der Waals surface area contributed by atoms with Gasteiger partial charge in [0.1, 0.15) is 11.5 Å². The van der Waals surface area contributed by atoms with Gasteiger partial charge in [-0.05, 0) is 25.0 Å². The van der Waals surface area contributed by atoms with Crippen LogP contribution in [0.4, 0.5) is 5.82 Å². The average molecular weight is 264 g/mol. The van der Waals surface area contributed by atoms with Gasteiger partial charge >= 0.3 is 0 Å². The molecule has 6 heteroatoms. The highest BCUT2D eigenvalue weighted by atomic mass is 16.2. The van der Waals surface area contributed by atoms with Crippen molar-refractivity contribution in [2.75, 3.05) is 18.4 Å². The normalized spacial score (nSPS) is 9.95. The zero-order valence-corrected chi connectivity index (χ0v) is 11.1. The Balaban J connectivity index is 2.45.